The predicted molar refractivity (Wildman–Crippen MR) is 228 cm³/mol. The number of aromatic nitrogens is 3. The zero-order valence-corrected chi connectivity index (χ0v) is 36.3. The van der Waals surface area contributed by atoms with Crippen molar-refractivity contribution < 1.29 is 19.0 Å². The van der Waals surface area contributed by atoms with E-state index in [2.05, 4.69) is 117 Å². The molecule has 1 atom stereocenters. The Bertz CT molecular complexity index is 2080. The monoisotopic (exact) mass is 767 g/mol. The summed E-state index contributed by atoms with van der Waals surface area (Å²) in [5, 5.41) is 20.7. The maximum absolute atomic E-state index is 12.1. The molecule has 1 N–H and O–H groups in total. The maximum atomic E-state index is 12.1. The normalized spacial score (nSPS) is 15.7. The molecule has 9 nitrogen and oxygen atoms in total. The number of hydrogen-bond acceptors (Lipinski definition) is 7. The number of piperazine rings is 1. The lowest BCUT2D eigenvalue weighted by Crippen LogP contribution is -2.45. The molecule has 1 unspecified atom stereocenters. The van der Waals surface area contributed by atoms with Crippen LogP contribution in [0.4, 0.5) is 0 Å². The molecule has 1 aliphatic heterocycles. The fourth-order valence-electron chi connectivity index (χ4n) is 7.53. The summed E-state index contributed by atoms with van der Waals surface area (Å²) < 4.78 is 24.0. The lowest BCUT2D eigenvalue weighted by atomic mass is 9.98. The van der Waals surface area contributed by atoms with E-state index in [1.54, 1.807) is 0 Å². The highest BCUT2D eigenvalue weighted by Gasteiger charge is 2.38. The zero-order valence-electron chi connectivity index (χ0n) is 35.3. The van der Waals surface area contributed by atoms with Crippen LogP contribution in [-0.4, -0.2) is 89.6 Å². The van der Waals surface area contributed by atoms with Crippen LogP contribution in [0, 0.1) is 6.92 Å². The van der Waals surface area contributed by atoms with Gasteiger partial charge in [-0.25, -0.2) is 0 Å². The molecule has 2 aromatic heterocycles. The van der Waals surface area contributed by atoms with Gasteiger partial charge in [-0.15, -0.1) is 0 Å². The average molecular weight is 768 g/mol. The molecule has 1 aliphatic rings. The Hall–Kier alpha value is -3.51. The van der Waals surface area contributed by atoms with Gasteiger partial charge in [0.25, 0.3) is 0 Å². The highest BCUT2D eigenvalue weighted by molar-refractivity contribution is 6.74. The van der Waals surface area contributed by atoms with Crippen molar-refractivity contribution in [3.05, 3.63) is 83.3 Å². The molecule has 6 rings (SSSR count). The molecular formula is C45H65N5O4Si. The van der Waals surface area contributed by atoms with Crippen molar-refractivity contribution in [1.82, 2.24) is 24.1 Å². The van der Waals surface area contributed by atoms with Crippen LogP contribution in [0.2, 0.25) is 18.1 Å². The standard InChI is InChI=1S/C45H65N5O4Si/c1-32-40(38(46-48(32)9)31-53-55(10,11)45(5,6)7)37-21-15-20-35-36(22-16-30-52-39-23-14-18-33-17-12-13-19-34(33)39)42(43(51)54-44(2,3)4)50(41(35)37)29-28-49-26-24-47(8)25-27-49/h12-15,17-21,23,43,51H,16,22,24-31H2,1-11H3. The highest BCUT2D eigenvalue weighted by Crippen LogP contribution is 2.42. The van der Waals surface area contributed by atoms with E-state index in [0.717, 1.165) is 108 Å². The third-order valence-corrected chi connectivity index (χ3v) is 16.3. The molecule has 0 spiro atoms. The van der Waals surface area contributed by atoms with E-state index < -0.39 is 20.2 Å². The minimum Gasteiger partial charge on any atom is -0.493 e. The van der Waals surface area contributed by atoms with E-state index in [9.17, 15) is 5.11 Å². The molecule has 0 amide bonds. The third kappa shape index (κ3) is 9.22. The second kappa shape index (κ2) is 16.5. The fraction of sp³-hybridized carbons (Fsp3) is 0.533. The number of fused-ring (bicyclic) bond motifs is 2. The Labute approximate surface area is 330 Å². The van der Waals surface area contributed by atoms with Crippen molar-refractivity contribution in [1.29, 1.82) is 0 Å². The first-order valence-corrected chi connectivity index (χ1v) is 23.0. The first-order chi connectivity index (χ1) is 25.9. The molecule has 3 heterocycles. The first kappa shape index (κ1) is 41.1. The number of aliphatic hydroxyl groups excluding tert-OH is 1. The van der Waals surface area contributed by atoms with Crippen LogP contribution in [0.5, 0.6) is 5.75 Å². The van der Waals surface area contributed by atoms with Crippen LogP contribution < -0.4 is 4.74 Å². The summed E-state index contributed by atoms with van der Waals surface area (Å²) in [6.45, 7) is 26.3. The van der Waals surface area contributed by atoms with Crippen LogP contribution in [0.1, 0.15) is 76.9 Å². The molecule has 1 saturated heterocycles. The summed E-state index contributed by atoms with van der Waals surface area (Å²) in [6.07, 6.45) is 0.384. The average Bonchev–Trinajstić information content (AvgIpc) is 3.60. The number of ether oxygens (including phenoxy) is 2. The Kier molecular flexibility index (Phi) is 12.4. The molecule has 10 heteroatoms. The highest BCUT2D eigenvalue weighted by atomic mass is 28.4. The van der Waals surface area contributed by atoms with Gasteiger partial charge >= 0.3 is 0 Å². The van der Waals surface area contributed by atoms with Crippen molar-refractivity contribution >= 4 is 30.0 Å². The van der Waals surface area contributed by atoms with Crippen LogP contribution in [0.15, 0.2) is 60.7 Å². The van der Waals surface area contributed by atoms with E-state index in [1.807, 2.05) is 38.6 Å². The molecule has 0 bridgehead atoms. The minimum absolute atomic E-state index is 0.0826. The molecule has 0 saturated carbocycles. The van der Waals surface area contributed by atoms with Crippen molar-refractivity contribution in [2.24, 2.45) is 7.05 Å². The second-order valence-electron chi connectivity index (χ2n) is 18.0. The number of para-hydroxylation sites is 1. The maximum Gasteiger partial charge on any atom is 0.197 e. The number of likely N-dealkylation sites (N-methyl/N-ethyl adjacent to an activating group) is 1. The molecule has 298 valence electrons. The second-order valence-corrected chi connectivity index (χ2v) is 22.8. The minimum atomic E-state index is -2.05. The van der Waals surface area contributed by atoms with Crippen molar-refractivity contribution in [2.45, 2.75) is 104 Å². The molecule has 0 radical (unpaired) electrons. The van der Waals surface area contributed by atoms with Gasteiger partial charge in [0.2, 0.25) is 0 Å². The summed E-state index contributed by atoms with van der Waals surface area (Å²) in [7, 11) is 2.17. The lowest BCUT2D eigenvalue weighted by Gasteiger charge is -2.36. The summed E-state index contributed by atoms with van der Waals surface area (Å²) in [6, 6.07) is 21.2. The van der Waals surface area contributed by atoms with Crippen LogP contribution in [0.25, 0.3) is 32.8 Å². The number of rotatable bonds is 14. The van der Waals surface area contributed by atoms with Crippen LogP contribution >= 0.6 is 0 Å². The van der Waals surface area contributed by atoms with Crippen molar-refractivity contribution in [2.75, 3.05) is 46.4 Å². The smallest absolute Gasteiger partial charge is 0.197 e. The first-order valence-electron chi connectivity index (χ1n) is 20.1. The molecule has 55 heavy (non-hydrogen) atoms. The quantitative estimate of drug-likeness (QED) is 0.0687. The molecular weight excluding hydrogens is 703 g/mol. The Balaban J connectivity index is 1.45. The summed E-state index contributed by atoms with van der Waals surface area (Å²) in [5.74, 6) is 0.894. The van der Waals surface area contributed by atoms with Gasteiger partial charge in [0, 0.05) is 73.9 Å². The van der Waals surface area contributed by atoms with Gasteiger partial charge < -0.3 is 28.5 Å². The summed E-state index contributed by atoms with van der Waals surface area (Å²) in [5.41, 5.74) is 6.74. The van der Waals surface area contributed by atoms with E-state index in [1.165, 1.54) is 5.39 Å². The third-order valence-electron chi connectivity index (χ3n) is 11.8. The van der Waals surface area contributed by atoms with Gasteiger partial charge in [0.1, 0.15) is 5.75 Å². The van der Waals surface area contributed by atoms with Crippen molar-refractivity contribution in [3.8, 4) is 16.9 Å². The molecule has 0 aliphatic carbocycles. The van der Waals surface area contributed by atoms with E-state index in [-0.39, 0.29) is 5.04 Å². The summed E-state index contributed by atoms with van der Waals surface area (Å²) >= 11 is 0. The lowest BCUT2D eigenvalue weighted by molar-refractivity contribution is -0.173. The number of aliphatic hydroxyl groups is 1. The van der Waals surface area contributed by atoms with Gasteiger partial charge in [-0.2, -0.15) is 5.10 Å². The van der Waals surface area contributed by atoms with E-state index in [0.29, 0.717) is 13.2 Å². The van der Waals surface area contributed by atoms with Crippen LogP contribution in [0.3, 0.4) is 0 Å². The summed E-state index contributed by atoms with van der Waals surface area (Å²) in [4.78, 5) is 4.93. The molecule has 3 aromatic carbocycles. The number of nitrogens with zero attached hydrogens (tertiary/aromatic N) is 5. The fourth-order valence-corrected chi connectivity index (χ4v) is 8.46. The topological polar surface area (TPSA) is 77.2 Å². The van der Waals surface area contributed by atoms with E-state index >= 15 is 0 Å². The van der Waals surface area contributed by atoms with Gasteiger partial charge in [0.05, 0.1) is 35.7 Å². The molecule has 1 fully saturated rings. The Morgan fingerprint density at radius 1 is 0.855 bits per heavy atom. The van der Waals surface area contributed by atoms with Crippen molar-refractivity contribution in [3.63, 3.8) is 0 Å². The van der Waals surface area contributed by atoms with Gasteiger partial charge in [-0.1, -0.05) is 75.4 Å². The number of benzene rings is 3. The number of hydrogen-bond donors (Lipinski definition) is 1. The van der Waals surface area contributed by atoms with Crippen LogP contribution in [-0.2, 0) is 35.8 Å². The Morgan fingerprint density at radius 2 is 1.53 bits per heavy atom. The number of aryl methyl sites for hydroxylation is 2. The van der Waals surface area contributed by atoms with Gasteiger partial charge in [-0.3, -0.25) is 9.58 Å². The molecule has 5 aromatic rings. The van der Waals surface area contributed by atoms with E-state index in [4.69, 9.17) is 19.0 Å². The van der Waals surface area contributed by atoms with Gasteiger partial charge in [-0.05, 0) is 82.7 Å². The van der Waals surface area contributed by atoms with Gasteiger partial charge in [0.15, 0.2) is 14.6 Å². The predicted octanol–water partition coefficient (Wildman–Crippen LogP) is 9.09. The zero-order chi connectivity index (χ0) is 39.7. The largest absolute Gasteiger partial charge is 0.493 e. The SMILES string of the molecule is Cc1c(-c2cccc3c(CCCOc4cccc5ccccc45)c(C(O)OC(C)(C)C)n(CCN4CCN(C)CC4)c23)c(CO[Si](C)(C)C(C)(C)C)nn1C. The Morgan fingerprint density at radius 3 is 2.24 bits per heavy atom.